The average molecular weight is 486 g/mol. The molecule has 1 fully saturated rings. The second kappa shape index (κ2) is 8.20. The molecule has 0 radical (unpaired) electrons. The highest BCUT2D eigenvalue weighted by Gasteiger charge is 2.34. The Morgan fingerprint density at radius 2 is 2.15 bits per heavy atom. The number of benzene rings is 1. The maximum absolute atomic E-state index is 13.1. The van der Waals surface area contributed by atoms with Gasteiger partial charge in [-0.3, -0.25) is 9.69 Å². The Kier molecular flexibility index (Phi) is 5.34. The van der Waals surface area contributed by atoms with Crippen molar-refractivity contribution in [3.05, 3.63) is 45.9 Å². The van der Waals surface area contributed by atoms with E-state index in [4.69, 9.17) is 11.6 Å². The summed E-state index contributed by atoms with van der Waals surface area (Å²) in [5, 5.41) is 16.3. The first kappa shape index (κ1) is 21.5. The summed E-state index contributed by atoms with van der Waals surface area (Å²) in [4.78, 5) is 45.7. The van der Waals surface area contributed by atoms with Crippen LogP contribution in [0.15, 0.2) is 30.5 Å². The highest BCUT2D eigenvalue weighted by atomic mass is 35.5. The Morgan fingerprint density at radius 3 is 2.91 bits per heavy atom. The van der Waals surface area contributed by atoms with Gasteiger partial charge in [0.1, 0.15) is 9.71 Å². The van der Waals surface area contributed by atoms with Gasteiger partial charge in [0.25, 0.3) is 5.91 Å². The molecule has 170 valence electrons. The van der Waals surface area contributed by atoms with Crippen LogP contribution >= 0.6 is 22.9 Å². The predicted molar refractivity (Wildman–Crippen MR) is 127 cm³/mol. The molecule has 1 atom stereocenters. The zero-order valence-electron chi connectivity index (χ0n) is 17.6. The highest BCUT2D eigenvalue weighted by molar-refractivity contribution is 7.21. The van der Waals surface area contributed by atoms with Crippen molar-refractivity contribution in [2.45, 2.75) is 25.8 Å². The first-order valence-corrected chi connectivity index (χ1v) is 11.6. The van der Waals surface area contributed by atoms with Crippen LogP contribution in [0.25, 0.3) is 10.2 Å². The van der Waals surface area contributed by atoms with Crippen molar-refractivity contribution in [1.82, 2.24) is 15.2 Å². The molecule has 11 heteroatoms. The van der Waals surface area contributed by atoms with Crippen molar-refractivity contribution in [3.63, 3.8) is 0 Å². The van der Waals surface area contributed by atoms with Gasteiger partial charge in [0.15, 0.2) is 0 Å². The number of rotatable bonds is 3. The number of piperidine rings is 1. The Balaban J connectivity index is 1.50. The van der Waals surface area contributed by atoms with E-state index in [0.29, 0.717) is 56.6 Å². The number of hydrogen-bond acceptors (Lipinski definition) is 5. The van der Waals surface area contributed by atoms with Crippen molar-refractivity contribution in [2.24, 2.45) is 0 Å². The second-order valence-electron chi connectivity index (χ2n) is 8.06. The van der Waals surface area contributed by atoms with Gasteiger partial charge in [-0.05, 0) is 43.5 Å². The lowest BCUT2D eigenvalue weighted by atomic mass is 10.1. The van der Waals surface area contributed by atoms with Gasteiger partial charge in [0.2, 0.25) is 0 Å². The molecule has 4 amide bonds. The molecule has 4 heterocycles. The summed E-state index contributed by atoms with van der Waals surface area (Å²) < 4.78 is 0. The van der Waals surface area contributed by atoms with Crippen LogP contribution in [-0.2, 0) is 0 Å². The fourth-order valence-corrected chi connectivity index (χ4v) is 5.44. The molecule has 3 N–H and O–H groups in total. The number of nitrogens with zero attached hydrogens (tertiary/aromatic N) is 3. The van der Waals surface area contributed by atoms with E-state index in [2.05, 4.69) is 15.6 Å². The lowest BCUT2D eigenvalue weighted by molar-refractivity contribution is 0.0893. The fraction of sp³-hybridized carbons (Fsp3) is 0.273. The smallest absolute Gasteiger partial charge is 0.407 e. The standard InChI is InChI=1S/C22H20ClN5O4S/c1-11-4-5-13(9-14(11)23)28-15-6-7-24-20-16(15)17(26-21(28)30)18(33-20)19(29)25-12-3-2-8-27(10-12)22(31)32/h4-7,9,12H,2-3,8,10H2,1H3,(H,25,29)(H,26,30)(H,31,32). The van der Waals surface area contributed by atoms with Crippen molar-refractivity contribution < 1.29 is 19.5 Å². The molecule has 1 saturated heterocycles. The van der Waals surface area contributed by atoms with Crippen LogP contribution in [0.5, 0.6) is 0 Å². The van der Waals surface area contributed by atoms with Crippen molar-refractivity contribution in [2.75, 3.05) is 23.3 Å². The maximum atomic E-state index is 13.1. The molecule has 5 rings (SSSR count). The molecule has 1 aromatic carbocycles. The molecular formula is C22H20ClN5O4S. The first-order chi connectivity index (χ1) is 15.8. The van der Waals surface area contributed by atoms with Gasteiger partial charge in [0.05, 0.1) is 22.4 Å². The molecule has 9 nitrogen and oxygen atoms in total. The summed E-state index contributed by atoms with van der Waals surface area (Å²) in [6, 6.07) is 6.42. The third-order valence-electron chi connectivity index (χ3n) is 5.89. The molecule has 3 aromatic rings. The van der Waals surface area contributed by atoms with E-state index in [1.54, 1.807) is 18.3 Å². The predicted octanol–water partition coefficient (Wildman–Crippen LogP) is 4.81. The number of pyridine rings is 1. The zero-order chi connectivity index (χ0) is 23.3. The number of anilines is 3. The minimum absolute atomic E-state index is 0.235. The van der Waals surface area contributed by atoms with Gasteiger partial charge in [-0.2, -0.15) is 0 Å². The molecule has 0 bridgehead atoms. The lowest BCUT2D eigenvalue weighted by Gasteiger charge is -2.31. The highest BCUT2D eigenvalue weighted by Crippen LogP contribution is 2.46. The lowest BCUT2D eigenvalue weighted by Crippen LogP contribution is -2.49. The summed E-state index contributed by atoms with van der Waals surface area (Å²) >= 11 is 7.48. The van der Waals surface area contributed by atoms with E-state index < -0.39 is 12.1 Å². The Hall–Kier alpha value is -3.37. The minimum atomic E-state index is -0.997. The Labute approximate surface area is 198 Å². The van der Waals surface area contributed by atoms with E-state index in [1.807, 2.05) is 19.1 Å². The summed E-state index contributed by atoms with van der Waals surface area (Å²) in [7, 11) is 0. The summed E-state index contributed by atoms with van der Waals surface area (Å²) in [6.07, 6.45) is 1.97. The molecular weight excluding hydrogens is 466 g/mol. The number of carbonyl (C=O) groups excluding carboxylic acids is 2. The number of amides is 4. The third-order valence-corrected chi connectivity index (χ3v) is 7.40. The van der Waals surface area contributed by atoms with E-state index in [0.717, 1.165) is 5.56 Å². The van der Waals surface area contributed by atoms with Gasteiger partial charge in [-0.15, -0.1) is 11.3 Å². The number of hydrogen-bond donors (Lipinski definition) is 3. The normalized spacial score (nSPS) is 17.8. The number of carboxylic acid groups (broad SMARTS) is 1. The topological polar surface area (TPSA) is 115 Å². The SMILES string of the molecule is Cc1ccc(N2C(=O)Nc3c(C(=O)NC4CCCN(C(=O)O)C4)sc4nccc2c34)cc1Cl. The van der Waals surface area contributed by atoms with Crippen LogP contribution in [0.2, 0.25) is 5.02 Å². The van der Waals surface area contributed by atoms with Gasteiger partial charge in [-0.25, -0.2) is 14.6 Å². The number of thiophene rings is 1. The molecule has 2 aliphatic rings. The number of halogens is 1. The van der Waals surface area contributed by atoms with Crippen LogP contribution < -0.4 is 15.5 Å². The number of urea groups is 1. The van der Waals surface area contributed by atoms with Gasteiger partial charge in [-0.1, -0.05) is 17.7 Å². The van der Waals surface area contributed by atoms with E-state index in [-0.39, 0.29) is 18.5 Å². The van der Waals surface area contributed by atoms with Crippen LogP contribution in [0.1, 0.15) is 28.1 Å². The number of likely N-dealkylation sites (tertiary alicyclic amines) is 1. The Morgan fingerprint density at radius 1 is 1.33 bits per heavy atom. The number of aryl methyl sites for hydroxylation is 1. The van der Waals surface area contributed by atoms with Gasteiger partial charge >= 0.3 is 12.1 Å². The van der Waals surface area contributed by atoms with E-state index >= 15 is 0 Å². The second-order valence-corrected chi connectivity index (χ2v) is 9.46. The maximum Gasteiger partial charge on any atom is 0.407 e. The molecule has 2 aliphatic heterocycles. The number of nitrogens with one attached hydrogen (secondary N) is 2. The first-order valence-electron chi connectivity index (χ1n) is 10.4. The molecule has 33 heavy (non-hydrogen) atoms. The molecule has 0 saturated carbocycles. The summed E-state index contributed by atoms with van der Waals surface area (Å²) in [5.74, 6) is -0.358. The number of carbonyl (C=O) groups is 3. The number of aromatic nitrogens is 1. The third kappa shape index (κ3) is 3.75. The summed E-state index contributed by atoms with van der Waals surface area (Å²) in [5.41, 5.74) is 2.54. The summed E-state index contributed by atoms with van der Waals surface area (Å²) in [6.45, 7) is 2.58. The molecule has 0 aliphatic carbocycles. The van der Waals surface area contributed by atoms with Gasteiger partial charge in [0, 0.05) is 30.4 Å². The van der Waals surface area contributed by atoms with Crippen molar-refractivity contribution in [3.8, 4) is 0 Å². The largest absolute Gasteiger partial charge is 0.465 e. The van der Waals surface area contributed by atoms with Crippen LogP contribution in [0.4, 0.5) is 26.7 Å². The monoisotopic (exact) mass is 485 g/mol. The molecule has 1 unspecified atom stereocenters. The molecule has 2 aromatic heterocycles. The fourth-order valence-electron chi connectivity index (χ4n) is 4.24. The van der Waals surface area contributed by atoms with Crippen LogP contribution in [0.3, 0.4) is 0 Å². The zero-order valence-corrected chi connectivity index (χ0v) is 19.2. The van der Waals surface area contributed by atoms with E-state index in [9.17, 15) is 19.5 Å². The van der Waals surface area contributed by atoms with Crippen molar-refractivity contribution >= 4 is 68.2 Å². The quantitative estimate of drug-likeness (QED) is 0.492. The Bertz CT molecular complexity index is 1310. The van der Waals surface area contributed by atoms with Crippen molar-refractivity contribution in [1.29, 1.82) is 0 Å². The van der Waals surface area contributed by atoms with Crippen LogP contribution in [-0.4, -0.2) is 52.2 Å². The molecule has 0 spiro atoms. The van der Waals surface area contributed by atoms with Gasteiger partial charge < -0.3 is 20.6 Å². The van der Waals surface area contributed by atoms with E-state index in [1.165, 1.54) is 21.1 Å². The average Bonchev–Trinajstić information content (AvgIpc) is 3.16. The van der Waals surface area contributed by atoms with Crippen LogP contribution in [0, 0.1) is 6.92 Å². The minimum Gasteiger partial charge on any atom is -0.465 e.